The zero-order valence-corrected chi connectivity index (χ0v) is 12.4. The Hall–Kier alpha value is -1.41. The van der Waals surface area contributed by atoms with E-state index in [-0.39, 0.29) is 17.1 Å². The molecule has 2 aromatic carbocycles. The highest BCUT2D eigenvalue weighted by molar-refractivity contribution is 9.10. The summed E-state index contributed by atoms with van der Waals surface area (Å²) in [4.78, 5) is 12.5. The molecule has 2 aromatic rings. The topological polar surface area (TPSA) is 17.1 Å². The molecule has 3 rings (SSSR count). The van der Waals surface area contributed by atoms with E-state index in [1.807, 2.05) is 42.5 Å². The lowest BCUT2D eigenvalue weighted by Crippen LogP contribution is -2.12. The second-order valence-electron chi connectivity index (χ2n) is 5.41. The van der Waals surface area contributed by atoms with Crippen molar-refractivity contribution >= 4 is 21.7 Å². The van der Waals surface area contributed by atoms with Gasteiger partial charge in [-0.25, -0.2) is 0 Å². The summed E-state index contributed by atoms with van der Waals surface area (Å²) in [5.74, 6) is 0.384. The van der Waals surface area contributed by atoms with Gasteiger partial charge in [-0.05, 0) is 24.1 Å². The minimum atomic E-state index is 0.0193. The molecule has 2 heteroatoms. The molecule has 0 radical (unpaired) electrons. The van der Waals surface area contributed by atoms with Crippen LogP contribution in [0.15, 0.2) is 59.1 Å². The summed E-state index contributed by atoms with van der Waals surface area (Å²) >= 11 is 3.40. The third kappa shape index (κ3) is 2.25. The predicted molar refractivity (Wildman–Crippen MR) is 80.4 cm³/mol. The molecule has 1 saturated carbocycles. The van der Waals surface area contributed by atoms with Crippen molar-refractivity contribution in [3.8, 4) is 0 Å². The molecule has 1 fully saturated rings. The van der Waals surface area contributed by atoms with Crippen LogP contribution in [0.25, 0.3) is 0 Å². The first-order chi connectivity index (χ1) is 9.11. The molecule has 2 atom stereocenters. The normalized spacial score (nSPS) is 25.1. The van der Waals surface area contributed by atoms with Gasteiger partial charge in [-0.15, -0.1) is 0 Å². The molecule has 0 unspecified atom stereocenters. The molecule has 0 heterocycles. The van der Waals surface area contributed by atoms with Crippen LogP contribution in [0.4, 0.5) is 0 Å². The average molecular weight is 315 g/mol. The van der Waals surface area contributed by atoms with E-state index >= 15 is 0 Å². The van der Waals surface area contributed by atoms with E-state index < -0.39 is 0 Å². The zero-order valence-electron chi connectivity index (χ0n) is 10.8. The molecule has 0 bridgehead atoms. The Balaban J connectivity index is 1.83. The smallest absolute Gasteiger partial charge is 0.166 e. The Bertz CT molecular complexity index is 603. The summed E-state index contributed by atoms with van der Waals surface area (Å²) in [5, 5.41) is 0. The Morgan fingerprint density at radius 1 is 1.11 bits per heavy atom. The Morgan fingerprint density at radius 3 is 2.37 bits per heavy atom. The highest BCUT2D eigenvalue weighted by Gasteiger charge is 2.55. The number of benzene rings is 2. The summed E-state index contributed by atoms with van der Waals surface area (Å²) in [6.07, 6.45) is 0.950. The standard InChI is InChI=1S/C17H15BrO/c1-17(13-5-3-2-4-6-13)11-15(17)16(19)12-7-9-14(18)10-8-12/h2-10,15H,11H2,1H3/t15-,17-/m0/s1. The van der Waals surface area contributed by atoms with Gasteiger partial charge in [0.2, 0.25) is 0 Å². The van der Waals surface area contributed by atoms with Gasteiger partial charge in [0.25, 0.3) is 0 Å². The molecule has 0 aliphatic heterocycles. The molecule has 0 N–H and O–H groups in total. The first-order valence-corrected chi connectivity index (χ1v) is 7.26. The van der Waals surface area contributed by atoms with Crippen LogP contribution in [0, 0.1) is 5.92 Å². The summed E-state index contributed by atoms with van der Waals surface area (Å²) < 4.78 is 1.01. The van der Waals surface area contributed by atoms with Crippen molar-refractivity contribution in [3.05, 3.63) is 70.2 Å². The maximum absolute atomic E-state index is 12.5. The van der Waals surface area contributed by atoms with Crippen LogP contribution in [-0.2, 0) is 5.41 Å². The maximum atomic E-state index is 12.5. The second-order valence-corrected chi connectivity index (χ2v) is 6.33. The van der Waals surface area contributed by atoms with Gasteiger partial charge in [0.1, 0.15) is 0 Å². The van der Waals surface area contributed by atoms with E-state index in [0.717, 1.165) is 16.5 Å². The number of ketones is 1. The number of Topliss-reactive ketones (excluding diaryl/α,β-unsaturated/α-hetero) is 1. The van der Waals surface area contributed by atoms with Gasteiger partial charge in [-0.3, -0.25) is 4.79 Å². The molecular weight excluding hydrogens is 300 g/mol. The van der Waals surface area contributed by atoms with Crippen LogP contribution >= 0.6 is 15.9 Å². The van der Waals surface area contributed by atoms with Gasteiger partial charge in [0.15, 0.2) is 5.78 Å². The first-order valence-electron chi connectivity index (χ1n) is 6.46. The lowest BCUT2D eigenvalue weighted by molar-refractivity contribution is 0.0959. The molecule has 1 aliphatic rings. The van der Waals surface area contributed by atoms with E-state index in [0.29, 0.717) is 0 Å². The Morgan fingerprint density at radius 2 is 1.74 bits per heavy atom. The van der Waals surface area contributed by atoms with E-state index in [2.05, 4.69) is 35.0 Å². The fraction of sp³-hybridized carbons (Fsp3) is 0.235. The second kappa shape index (κ2) is 4.61. The van der Waals surface area contributed by atoms with Crippen molar-refractivity contribution in [1.82, 2.24) is 0 Å². The minimum absolute atomic E-state index is 0.0193. The highest BCUT2D eigenvalue weighted by Crippen LogP contribution is 2.55. The third-order valence-corrected chi connectivity index (χ3v) is 4.64. The monoisotopic (exact) mass is 314 g/mol. The van der Waals surface area contributed by atoms with Gasteiger partial charge >= 0.3 is 0 Å². The number of halogens is 1. The van der Waals surface area contributed by atoms with Crippen molar-refractivity contribution in [1.29, 1.82) is 0 Å². The van der Waals surface area contributed by atoms with Crippen LogP contribution in [0.2, 0.25) is 0 Å². The number of carbonyl (C=O) groups is 1. The van der Waals surface area contributed by atoms with Crippen molar-refractivity contribution in [2.45, 2.75) is 18.8 Å². The first kappa shape index (κ1) is 12.6. The fourth-order valence-electron chi connectivity index (χ4n) is 2.70. The third-order valence-electron chi connectivity index (χ3n) is 4.12. The van der Waals surface area contributed by atoms with Crippen molar-refractivity contribution in [2.75, 3.05) is 0 Å². The lowest BCUT2D eigenvalue weighted by Gasteiger charge is -2.11. The summed E-state index contributed by atoms with van der Waals surface area (Å²) in [6.45, 7) is 2.18. The highest BCUT2D eigenvalue weighted by atomic mass is 79.9. The van der Waals surface area contributed by atoms with E-state index in [9.17, 15) is 4.79 Å². The maximum Gasteiger partial charge on any atom is 0.166 e. The molecule has 1 aliphatic carbocycles. The van der Waals surface area contributed by atoms with Gasteiger partial charge in [-0.1, -0.05) is 65.3 Å². The summed E-state index contributed by atoms with van der Waals surface area (Å²) in [7, 11) is 0. The van der Waals surface area contributed by atoms with Gasteiger partial charge < -0.3 is 0 Å². The zero-order chi connectivity index (χ0) is 13.5. The molecule has 96 valence electrons. The van der Waals surface area contributed by atoms with E-state index in [4.69, 9.17) is 0 Å². The SMILES string of the molecule is C[C@@]1(c2ccccc2)C[C@H]1C(=O)c1ccc(Br)cc1. The largest absolute Gasteiger partial charge is 0.294 e. The van der Waals surface area contributed by atoms with Gasteiger partial charge in [-0.2, -0.15) is 0 Å². The number of carbonyl (C=O) groups excluding carboxylic acids is 1. The fourth-order valence-corrected chi connectivity index (χ4v) is 2.96. The number of hydrogen-bond acceptors (Lipinski definition) is 1. The Kier molecular flexibility index (Phi) is 3.06. The van der Waals surface area contributed by atoms with Crippen LogP contribution in [0.3, 0.4) is 0 Å². The van der Waals surface area contributed by atoms with Crippen molar-refractivity contribution in [2.24, 2.45) is 5.92 Å². The van der Waals surface area contributed by atoms with Crippen molar-refractivity contribution < 1.29 is 4.79 Å². The molecular formula is C17H15BrO. The molecule has 0 saturated heterocycles. The lowest BCUT2D eigenvalue weighted by atomic mass is 9.92. The van der Waals surface area contributed by atoms with Crippen LogP contribution in [-0.4, -0.2) is 5.78 Å². The van der Waals surface area contributed by atoms with Gasteiger partial charge in [0.05, 0.1) is 0 Å². The predicted octanol–water partition coefficient (Wildman–Crippen LogP) is 4.61. The number of rotatable bonds is 3. The van der Waals surface area contributed by atoms with E-state index in [1.165, 1.54) is 5.56 Å². The molecule has 1 nitrogen and oxygen atoms in total. The van der Waals surface area contributed by atoms with Crippen LogP contribution < -0.4 is 0 Å². The average Bonchev–Trinajstić information content (AvgIpc) is 3.14. The van der Waals surface area contributed by atoms with Crippen LogP contribution in [0.5, 0.6) is 0 Å². The quantitative estimate of drug-likeness (QED) is 0.756. The van der Waals surface area contributed by atoms with E-state index in [1.54, 1.807) is 0 Å². The molecule has 0 aromatic heterocycles. The summed E-state index contributed by atoms with van der Waals surface area (Å²) in [5.41, 5.74) is 2.10. The minimum Gasteiger partial charge on any atom is -0.294 e. The summed E-state index contributed by atoms with van der Waals surface area (Å²) in [6, 6.07) is 18.0. The Labute approximate surface area is 121 Å². The molecule has 0 spiro atoms. The van der Waals surface area contributed by atoms with Crippen molar-refractivity contribution in [3.63, 3.8) is 0 Å². The van der Waals surface area contributed by atoms with Gasteiger partial charge in [0, 0.05) is 21.4 Å². The number of hydrogen-bond donors (Lipinski definition) is 0. The molecule has 0 amide bonds. The molecule has 19 heavy (non-hydrogen) atoms. The van der Waals surface area contributed by atoms with Crippen LogP contribution in [0.1, 0.15) is 29.3 Å².